The van der Waals surface area contributed by atoms with Crippen LogP contribution in [0.25, 0.3) is 15.5 Å². The van der Waals surface area contributed by atoms with Crippen molar-refractivity contribution in [1.29, 1.82) is 0 Å². The van der Waals surface area contributed by atoms with Gasteiger partial charge in [-0.15, -0.1) is 22.7 Å². The Hall–Kier alpha value is -2.18. The number of thiophene rings is 2. The van der Waals surface area contributed by atoms with E-state index in [0.29, 0.717) is 17.8 Å². The van der Waals surface area contributed by atoms with Crippen molar-refractivity contribution in [1.82, 2.24) is 10.3 Å². The molecule has 0 saturated heterocycles. The summed E-state index contributed by atoms with van der Waals surface area (Å²) in [6, 6.07) is 7.86. The molecule has 22 heavy (non-hydrogen) atoms. The van der Waals surface area contributed by atoms with E-state index in [-0.39, 0.29) is 5.91 Å². The van der Waals surface area contributed by atoms with Gasteiger partial charge >= 0.3 is 0 Å². The normalized spacial score (nSPS) is 11.8. The minimum absolute atomic E-state index is 0.0754. The van der Waals surface area contributed by atoms with Gasteiger partial charge in [-0.3, -0.25) is 4.79 Å². The SMILES string of the molecule is CNC(=O)/C(=C/c1ccc(N)nc1)Cc1cc2sccc2s1. The van der Waals surface area contributed by atoms with E-state index < -0.39 is 0 Å². The minimum atomic E-state index is -0.0754. The molecule has 3 aromatic rings. The molecule has 3 N–H and O–H groups in total. The van der Waals surface area contributed by atoms with Gasteiger partial charge in [-0.25, -0.2) is 4.98 Å². The molecule has 0 aromatic carbocycles. The summed E-state index contributed by atoms with van der Waals surface area (Å²) in [7, 11) is 1.64. The number of carbonyl (C=O) groups excluding carboxylic acids is 1. The van der Waals surface area contributed by atoms with Gasteiger partial charge in [0.25, 0.3) is 0 Å². The zero-order valence-electron chi connectivity index (χ0n) is 12.0. The van der Waals surface area contributed by atoms with Gasteiger partial charge in [0, 0.05) is 39.5 Å². The molecular formula is C16H15N3OS2. The lowest BCUT2D eigenvalue weighted by molar-refractivity contribution is -0.117. The molecule has 112 valence electrons. The number of nitrogen functional groups attached to an aromatic ring is 1. The number of fused-ring (bicyclic) bond motifs is 1. The van der Waals surface area contributed by atoms with E-state index in [9.17, 15) is 4.79 Å². The van der Waals surface area contributed by atoms with Crippen molar-refractivity contribution in [2.75, 3.05) is 12.8 Å². The maximum Gasteiger partial charge on any atom is 0.247 e. The molecular weight excluding hydrogens is 314 g/mol. The quantitative estimate of drug-likeness (QED) is 0.722. The summed E-state index contributed by atoms with van der Waals surface area (Å²) in [4.78, 5) is 17.4. The third-order valence-corrected chi connectivity index (χ3v) is 5.32. The van der Waals surface area contributed by atoms with Crippen LogP contribution in [0.2, 0.25) is 0 Å². The summed E-state index contributed by atoms with van der Waals surface area (Å²) < 4.78 is 2.54. The number of nitrogens with two attached hydrogens (primary N) is 1. The lowest BCUT2D eigenvalue weighted by atomic mass is 10.1. The number of hydrogen-bond acceptors (Lipinski definition) is 5. The van der Waals surface area contributed by atoms with Gasteiger partial charge in [-0.2, -0.15) is 0 Å². The number of nitrogens with zero attached hydrogens (tertiary/aromatic N) is 1. The second-order valence-corrected chi connectivity index (χ2v) is 6.92. The van der Waals surface area contributed by atoms with Gasteiger partial charge in [0.1, 0.15) is 5.82 Å². The monoisotopic (exact) mass is 329 g/mol. The van der Waals surface area contributed by atoms with Crippen LogP contribution >= 0.6 is 22.7 Å². The number of aromatic nitrogens is 1. The Kier molecular flexibility index (Phi) is 4.22. The number of carbonyl (C=O) groups is 1. The van der Waals surface area contributed by atoms with Gasteiger partial charge in [0.2, 0.25) is 5.91 Å². The van der Waals surface area contributed by atoms with Crippen LogP contribution in [0.15, 0.2) is 41.4 Å². The molecule has 0 aliphatic rings. The molecule has 1 amide bonds. The van der Waals surface area contributed by atoms with Gasteiger partial charge < -0.3 is 11.1 Å². The molecule has 0 unspecified atom stereocenters. The Labute approximate surface area is 136 Å². The highest BCUT2D eigenvalue weighted by Gasteiger charge is 2.11. The summed E-state index contributed by atoms with van der Waals surface area (Å²) in [5, 5.41) is 4.78. The summed E-state index contributed by atoms with van der Waals surface area (Å²) >= 11 is 3.45. The second-order valence-electron chi connectivity index (χ2n) is 4.80. The average molecular weight is 329 g/mol. The summed E-state index contributed by atoms with van der Waals surface area (Å²) in [5.41, 5.74) is 7.17. The maximum atomic E-state index is 12.1. The van der Waals surface area contributed by atoms with Crippen LogP contribution in [0.5, 0.6) is 0 Å². The highest BCUT2D eigenvalue weighted by Crippen LogP contribution is 2.31. The van der Waals surface area contributed by atoms with Crippen molar-refractivity contribution in [3.8, 4) is 0 Å². The van der Waals surface area contributed by atoms with Crippen molar-refractivity contribution >= 4 is 49.9 Å². The van der Waals surface area contributed by atoms with E-state index in [1.807, 2.05) is 12.1 Å². The molecule has 3 aromatic heterocycles. The molecule has 0 spiro atoms. The van der Waals surface area contributed by atoms with Crippen molar-refractivity contribution in [3.05, 3.63) is 51.9 Å². The lowest BCUT2D eigenvalue weighted by Crippen LogP contribution is -2.21. The predicted octanol–water partition coefficient (Wildman–Crippen LogP) is 3.31. The number of likely N-dealkylation sites (N-methyl/N-ethyl adjacent to an activating group) is 1. The highest BCUT2D eigenvalue weighted by molar-refractivity contribution is 7.26. The van der Waals surface area contributed by atoms with E-state index in [2.05, 4.69) is 27.8 Å². The molecule has 0 aliphatic carbocycles. The van der Waals surface area contributed by atoms with E-state index in [4.69, 9.17) is 5.73 Å². The van der Waals surface area contributed by atoms with Crippen LogP contribution < -0.4 is 11.1 Å². The van der Waals surface area contributed by atoms with Crippen molar-refractivity contribution < 1.29 is 4.79 Å². The van der Waals surface area contributed by atoms with Gasteiger partial charge in [0.15, 0.2) is 0 Å². The van der Waals surface area contributed by atoms with Gasteiger partial charge in [0.05, 0.1) is 0 Å². The topological polar surface area (TPSA) is 68.0 Å². The molecule has 0 radical (unpaired) electrons. The van der Waals surface area contributed by atoms with Crippen molar-refractivity contribution in [3.63, 3.8) is 0 Å². The fraction of sp³-hybridized carbons (Fsp3) is 0.125. The van der Waals surface area contributed by atoms with E-state index in [0.717, 1.165) is 5.56 Å². The second kappa shape index (κ2) is 6.29. The van der Waals surface area contributed by atoms with Crippen LogP contribution in [0.3, 0.4) is 0 Å². The van der Waals surface area contributed by atoms with Crippen LogP contribution in [0, 0.1) is 0 Å². The van der Waals surface area contributed by atoms with Crippen molar-refractivity contribution in [2.24, 2.45) is 0 Å². The molecule has 0 fully saturated rings. The molecule has 3 rings (SSSR count). The maximum absolute atomic E-state index is 12.1. The predicted molar refractivity (Wildman–Crippen MR) is 94.1 cm³/mol. The first-order valence-corrected chi connectivity index (χ1v) is 8.45. The Morgan fingerprint density at radius 3 is 2.91 bits per heavy atom. The average Bonchev–Trinajstić information content (AvgIpc) is 3.09. The number of hydrogen-bond donors (Lipinski definition) is 2. The largest absolute Gasteiger partial charge is 0.384 e. The van der Waals surface area contributed by atoms with E-state index in [1.54, 1.807) is 42.0 Å². The zero-order valence-corrected chi connectivity index (χ0v) is 13.6. The van der Waals surface area contributed by atoms with E-state index in [1.165, 1.54) is 14.3 Å². The third kappa shape index (κ3) is 3.18. The Balaban J connectivity index is 1.90. The summed E-state index contributed by atoms with van der Waals surface area (Å²) in [6.07, 6.45) is 4.14. The first kappa shape index (κ1) is 14.7. The number of nitrogens with one attached hydrogen (secondary N) is 1. The minimum Gasteiger partial charge on any atom is -0.384 e. The molecule has 6 heteroatoms. The Morgan fingerprint density at radius 1 is 1.36 bits per heavy atom. The summed E-state index contributed by atoms with van der Waals surface area (Å²) in [6.45, 7) is 0. The fourth-order valence-electron chi connectivity index (χ4n) is 2.15. The van der Waals surface area contributed by atoms with Crippen LogP contribution in [-0.4, -0.2) is 17.9 Å². The summed E-state index contributed by atoms with van der Waals surface area (Å²) in [5.74, 6) is 0.394. The molecule has 0 atom stereocenters. The number of anilines is 1. The highest BCUT2D eigenvalue weighted by atomic mass is 32.1. The third-order valence-electron chi connectivity index (χ3n) is 3.22. The first-order valence-electron chi connectivity index (χ1n) is 6.76. The molecule has 0 bridgehead atoms. The molecule has 4 nitrogen and oxygen atoms in total. The molecule has 0 aliphatic heterocycles. The van der Waals surface area contributed by atoms with Crippen LogP contribution in [-0.2, 0) is 11.2 Å². The van der Waals surface area contributed by atoms with Gasteiger partial charge in [-0.05, 0) is 41.3 Å². The van der Waals surface area contributed by atoms with E-state index >= 15 is 0 Å². The number of rotatable bonds is 4. The standard InChI is InChI=1S/C16H15N3OS2/c1-18-16(20)11(6-10-2-3-15(17)19-9-10)7-12-8-14-13(22-12)4-5-21-14/h2-6,8-9H,7H2,1H3,(H2,17,19)(H,18,20)/b11-6+. The van der Waals surface area contributed by atoms with Crippen LogP contribution in [0.1, 0.15) is 10.4 Å². The van der Waals surface area contributed by atoms with Crippen molar-refractivity contribution in [2.45, 2.75) is 6.42 Å². The number of pyridine rings is 1. The fourth-order valence-corrected chi connectivity index (χ4v) is 4.31. The number of amides is 1. The Morgan fingerprint density at radius 2 is 2.23 bits per heavy atom. The zero-order chi connectivity index (χ0) is 15.5. The first-order chi connectivity index (χ1) is 10.7. The molecule has 0 saturated carbocycles. The van der Waals surface area contributed by atoms with Crippen LogP contribution in [0.4, 0.5) is 5.82 Å². The van der Waals surface area contributed by atoms with Gasteiger partial charge in [-0.1, -0.05) is 0 Å². The smallest absolute Gasteiger partial charge is 0.247 e. The lowest BCUT2D eigenvalue weighted by Gasteiger charge is -2.05. The molecule has 3 heterocycles. The Bertz CT molecular complexity index is 802.